The first kappa shape index (κ1) is 15.0. The van der Waals surface area contributed by atoms with Gasteiger partial charge in [-0.2, -0.15) is 0 Å². The van der Waals surface area contributed by atoms with Gasteiger partial charge >= 0.3 is 0 Å². The van der Waals surface area contributed by atoms with Gasteiger partial charge in [0.15, 0.2) is 0 Å². The minimum atomic E-state index is 0.324. The van der Waals surface area contributed by atoms with Crippen molar-refractivity contribution in [1.29, 1.82) is 0 Å². The van der Waals surface area contributed by atoms with Gasteiger partial charge in [0.2, 0.25) is 0 Å². The Morgan fingerprint density at radius 2 is 2.05 bits per heavy atom. The molecule has 2 N–H and O–H groups in total. The summed E-state index contributed by atoms with van der Waals surface area (Å²) in [5.41, 5.74) is 0. The van der Waals surface area contributed by atoms with Crippen molar-refractivity contribution in [3.63, 3.8) is 0 Å². The number of nitrogens with zero attached hydrogens (tertiary/aromatic N) is 2. The average molecular weight is 278 g/mol. The molecule has 0 saturated heterocycles. The lowest BCUT2D eigenvalue weighted by Gasteiger charge is -2.16. The van der Waals surface area contributed by atoms with Gasteiger partial charge in [0.25, 0.3) is 0 Å². The lowest BCUT2D eigenvalue weighted by molar-refractivity contribution is 0.108. The molecule has 0 radical (unpaired) electrons. The van der Waals surface area contributed by atoms with E-state index in [1.165, 1.54) is 0 Å². The number of hydrogen-bond donors (Lipinski definition) is 2. The fraction of sp³-hybridized carbons (Fsp3) is 0.733. The number of anilines is 2. The second-order valence-electron chi connectivity index (χ2n) is 5.69. The van der Waals surface area contributed by atoms with Crippen LogP contribution >= 0.6 is 0 Å². The van der Waals surface area contributed by atoms with Gasteiger partial charge in [0.05, 0.1) is 6.10 Å². The molecule has 2 atom stereocenters. The van der Waals surface area contributed by atoms with Crippen LogP contribution in [0.25, 0.3) is 0 Å². The lowest BCUT2D eigenvalue weighted by Crippen LogP contribution is -2.19. The van der Waals surface area contributed by atoms with Crippen LogP contribution in [0.15, 0.2) is 6.07 Å². The first-order valence-corrected chi connectivity index (χ1v) is 7.54. The molecule has 1 aromatic heterocycles. The van der Waals surface area contributed by atoms with Crippen LogP contribution in [0.3, 0.4) is 0 Å². The molecule has 5 nitrogen and oxygen atoms in total. The quantitative estimate of drug-likeness (QED) is 0.837. The maximum Gasteiger partial charge on any atom is 0.135 e. The molecule has 1 aliphatic carbocycles. The third kappa shape index (κ3) is 3.82. The van der Waals surface area contributed by atoms with Crippen molar-refractivity contribution in [1.82, 2.24) is 9.97 Å². The Hall–Kier alpha value is -1.36. The number of rotatable bonds is 6. The highest BCUT2D eigenvalue weighted by atomic mass is 16.5. The van der Waals surface area contributed by atoms with Gasteiger partial charge in [0, 0.05) is 31.7 Å². The van der Waals surface area contributed by atoms with E-state index in [4.69, 9.17) is 4.74 Å². The summed E-state index contributed by atoms with van der Waals surface area (Å²) in [7, 11) is 1.79. The summed E-state index contributed by atoms with van der Waals surface area (Å²) in [6, 6.07) is 2.44. The molecule has 20 heavy (non-hydrogen) atoms. The number of aromatic nitrogens is 2. The molecule has 1 heterocycles. The van der Waals surface area contributed by atoms with E-state index in [9.17, 15) is 0 Å². The van der Waals surface area contributed by atoms with Gasteiger partial charge in [0.1, 0.15) is 17.5 Å². The van der Waals surface area contributed by atoms with Crippen molar-refractivity contribution in [2.45, 2.75) is 58.1 Å². The Bertz CT molecular complexity index is 436. The van der Waals surface area contributed by atoms with Gasteiger partial charge in [-0.05, 0) is 26.2 Å². The third-order valence-corrected chi connectivity index (χ3v) is 3.69. The summed E-state index contributed by atoms with van der Waals surface area (Å²) < 4.78 is 5.42. The fourth-order valence-electron chi connectivity index (χ4n) is 2.56. The largest absolute Gasteiger partial charge is 0.381 e. The van der Waals surface area contributed by atoms with Crippen molar-refractivity contribution in [2.75, 3.05) is 24.3 Å². The van der Waals surface area contributed by atoms with Crippen molar-refractivity contribution < 1.29 is 4.74 Å². The van der Waals surface area contributed by atoms with Crippen molar-refractivity contribution in [3.05, 3.63) is 11.9 Å². The number of ether oxygens (including phenoxy) is 1. The Labute approximate surface area is 121 Å². The lowest BCUT2D eigenvalue weighted by atomic mass is 10.2. The van der Waals surface area contributed by atoms with E-state index in [2.05, 4.69) is 41.4 Å². The molecule has 0 spiro atoms. The Morgan fingerprint density at radius 1 is 1.30 bits per heavy atom. The first-order chi connectivity index (χ1) is 9.62. The smallest absolute Gasteiger partial charge is 0.135 e. The Balaban J connectivity index is 2.10. The van der Waals surface area contributed by atoms with Crippen molar-refractivity contribution in [2.24, 2.45) is 0 Å². The van der Waals surface area contributed by atoms with Crippen molar-refractivity contribution >= 4 is 11.6 Å². The van der Waals surface area contributed by atoms with Gasteiger partial charge in [-0.1, -0.05) is 13.8 Å². The molecule has 1 aromatic rings. The van der Waals surface area contributed by atoms with Crippen LogP contribution in [-0.4, -0.2) is 35.8 Å². The summed E-state index contributed by atoms with van der Waals surface area (Å²) in [5, 5.41) is 6.80. The molecule has 2 rings (SSSR count). The Morgan fingerprint density at radius 3 is 2.65 bits per heavy atom. The predicted octanol–water partition coefficient (Wildman–Crippen LogP) is 3.01. The molecular formula is C15H26N4O. The van der Waals surface area contributed by atoms with Crippen LogP contribution in [0, 0.1) is 0 Å². The second kappa shape index (κ2) is 6.88. The molecule has 5 heteroatoms. The highest BCUT2D eigenvalue weighted by Crippen LogP contribution is 2.25. The molecule has 0 aromatic carbocycles. The van der Waals surface area contributed by atoms with Gasteiger partial charge < -0.3 is 15.4 Å². The van der Waals surface area contributed by atoms with E-state index in [0.717, 1.165) is 43.3 Å². The highest BCUT2D eigenvalue weighted by molar-refractivity contribution is 5.48. The molecule has 112 valence electrons. The standard InChI is InChI=1S/C15H26N4O/c1-5-16-13-9-14(19-15(18-13)10(2)3)17-11-6-7-12(8-11)20-4/h9-12H,5-8H2,1-4H3,(H2,16,17,18,19). The molecule has 1 aliphatic rings. The topological polar surface area (TPSA) is 59.1 Å². The first-order valence-electron chi connectivity index (χ1n) is 7.54. The van der Waals surface area contributed by atoms with E-state index >= 15 is 0 Å². The van der Waals surface area contributed by atoms with Crippen LogP contribution in [-0.2, 0) is 4.74 Å². The molecule has 1 fully saturated rings. The van der Waals surface area contributed by atoms with Crippen LogP contribution in [0.5, 0.6) is 0 Å². The number of nitrogens with one attached hydrogen (secondary N) is 2. The maximum atomic E-state index is 5.42. The molecule has 2 unspecified atom stereocenters. The van der Waals surface area contributed by atoms with Gasteiger partial charge in [-0.25, -0.2) is 9.97 Å². The van der Waals surface area contributed by atoms with Crippen LogP contribution in [0.1, 0.15) is 51.8 Å². The van der Waals surface area contributed by atoms with Gasteiger partial charge in [-0.3, -0.25) is 0 Å². The monoisotopic (exact) mass is 278 g/mol. The number of hydrogen-bond acceptors (Lipinski definition) is 5. The van der Waals surface area contributed by atoms with E-state index < -0.39 is 0 Å². The second-order valence-corrected chi connectivity index (χ2v) is 5.69. The van der Waals surface area contributed by atoms with E-state index in [0.29, 0.717) is 18.1 Å². The van der Waals surface area contributed by atoms with Crippen LogP contribution in [0.2, 0.25) is 0 Å². The average Bonchev–Trinajstić information content (AvgIpc) is 2.86. The maximum absolute atomic E-state index is 5.42. The van der Waals surface area contributed by atoms with Crippen molar-refractivity contribution in [3.8, 4) is 0 Å². The fourth-order valence-corrected chi connectivity index (χ4v) is 2.56. The predicted molar refractivity (Wildman–Crippen MR) is 82.3 cm³/mol. The summed E-state index contributed by atoms with van der Waals surface area (Å²) in [5.74, 6) is 3.02. The zero-order valence-corrected chi connectivity index (χ0v) is 12.9. The zero-order chi connectivity index (χ0) is 14.5. The van der Waals surface area contributed by atoms with E-state index in [-0.39, 0.29) is 0 Å². The molecular weight excluding hydrogens is 252 g/mol. The zero-order valence-electron chi connectivity index (χ0n) is 12.9. The minimum Gasteiger partial charge on any atom is -0.381 e. The van der Waals surface area contributed by atoms with Crippen LogP contribution < -0.4 is 10.6 Å². The summed E-state index contributed by atoms with van der Waals surface area (Å²) >= 11 is 0. The third-order valence-electron chi connectivity index (χ3n) is 3.69. The summed E-state index contributed by atoms with van der Waals surface area (Å²) in [6.45, 7) is 7.17. The Kier molecular flexibility index (Phi) is 5.17. The van der Waals surface area contributed by atoms with Gasteiger partial charge in [-0.15, -0.1) is 0 Å². The molecule has 0 aliphatic heterocycles. The molecule has 0 amide bonds. The number of methoxy groups -OCH3 is 1. The SMILES string of the molecule is CCNc1cc(NC2CCC(OC)C2)nc(C(C)C)n1. The molecule has 0 bridgehead atoms. The van der Waals surface area contributed by atoms with Crippen LogP contribution in [0.4, 0.5) is 11.6 Å². The molecule has 1 saturated carbocycles. The minimum absolute atomic E-state index is 0.324. The summed E-state index contributed by atoms with van der Waals surface area (Å²) in [4.78, 5) is 9.17. The van der Waals surface area contributed by atoms with E-state index in [1.54, 1.807) is 7.11 Å². The normalized spacial score (nSPS) is 22.2. The van der Waals surface area contributed by atoms with E-state index in [1.807, 2.05) is 6.07 Å². The summed E-state index contributed by atoms with van der Waals surface area (Å²) in [6.07, 6.45) is 3.69. The highest BCUT2D eigenvalue weighted by Gasteiger charge is 2.24.